The smallest absolute Gasteiger partial charge is 0.408 e. The van der Waals surface area contributed by atoms with Gasteiger partial charge in [0.1, 0.15) is 12.1 Å². The Labute approximate surface area is 89.0 Å². The Morgan fingerprint density at radius 2 is 2.00 bits per heavy atom. The van der Waals surface area contributed by atoms with Crippen molar-refractivity contribution in [2.45, 2.75) is 26.4 Å². The van der Waals surface area contributed by atoms with E-state index in [4.69, 9.17) is 16.3 Å². The number of hydrogen-bond acceptors (Lipinski definition) is 3. The molecule has 0 saturated carbocycles. The molecule has 0 bridgehead atoms. The van der Waals surface area contributed by atoms with Crippen molar-refractivity contribution in [2.75, 3.05) is 13.1 Å². The Hall–Kier alpha value is -1.70. The van der Waals surface area contributed by atoms with Crippen LogP contribution in [-0.4, -0.2) is 40.8 Å². The molecular weight excluding hydrogens is 198 g/mol. The molecule has 0 aliphatic carbocycles. The Kier molecular flexibility index (Phi) is 4.65. The summed E-state index contributed by atoms with van der Waals surface area (Å²) in [4.78, 5) is 22.7. The summed E-state index contributed by atoms with van der Waals surface area (Å²) in [5.41, 5.74) is -0.628. The van der Waals surface area contributed by atoms with E-state index >= 15 is 0 Å². The summed E-state index contributed by atoms with van der Waals surface area (Å²) in [6.07, 6.45) is 3.73. The molecule has 1 N–H and O–H groups in total. The number of nitrogens with zero attached hydrogens (tertiary/aromatic N) is 1. The normalized spacial score (nSPS) is 10.3. The quantitative estimate of drug-likeness (QED) is 0.559. The molecule has 0 radical (unpaired) electrons. The second kappa shape index (κ2) is 5.25. The number of hydrogen-bond donors (Lipinski definition) is 1. The molecular formula is C10H15NO4. The Bertz CT molecular complexity index is 285. The zero-order chi connectivity index (χ0) is 12.1. The number of esters is 1. The Morgan fingerprint density at radius 3 is 2.33 bits per heavy atom. The first kappa shape index (κ1) is 13.3. The van der Waals surface area contributed by atoms with E-state index in [1.807, 2.05) is 0 Å². The lowest BCUT2D eigenvalue weighted by molar-refractivity contribution is -0.155. The predicted molar refractivity (Wildman–Crippen MR) is 54.3 cm³/mol. The van der Waals surface area contributed by atoms with Gasteiger partial charge in [0, 0.05) is 0 Å². The molecule has 1 amide bonds. The van der Waals surface area contributed by atoms with Crippen LogP contribution < -0.4 is 0 Å². The number of carbonyl (C=O) groups is 2. The van der Waals surface area contributed by atoms with Crippen LogP contribution in [0.4, 0.5) is 4.79 Å². The third-order valence-corrected chi connectivity index (χ3v) is 1.29. The SMILES string of the molecule is C#CCN(CC(=O)OC(C)(C)C)C(=O)O. The van der Waals surface area contributed by atoms with Gasteiger partial charge in [-0.1, -0.05) is 5.92 Å². The highest BCUT2D eigenvalue weighted by molar-refractivity contribution is 5.77. The average Bonchev–Trinajstić information content (AvgIpc) is 1.99. The van der Waals surface area contributed by atoms with Gasteiger partial charge < -0.3 is 9.84 Å². The number of terminal acetylenes is 1. The van der Waals surface area contributed by atoms with Crippen LogP contribution >= 0.6 is 0 Å². The van der Waals surface area contributed by atoms with Crippen molar-refractivity contribution < 1.29 is 19.4 Å². The van der Waals surface area contributed by atoms with Crippen molar-refractivity contribution in [3.05, 3.63) is 0 Å². The minimum Gasteiger partial charge on any atom is -0.465 e. The number of carbonyl (C=O) groups excluding carboxylic acids is 1. The van der Waals surface area contributed by atoms with E-state index in [0.717, 1.165) is 4.90 Å². The van der Waals surface area contributed by atoms with E-state index in [1.54, 1.807) is 20.8 Å². The van der Waals surface area contributed by atoms with Crippen LogP contribution in [0.1, 0.15) is 20.8 Å². The van der Waals surface area contributed by atoms with Gasteiger partial charge in [-0.2, -0.15) is 0 Å². The van der Waals surface area contributed by atoms with E-state index in [9.17, 15) is 9.59 Å². The van der Waals surface area contributed by atoms with Crippen LogP contribution in [0, 0.1) is 12.3 Å². The third kappa shape index (κ3) is 6.38. The molecule has 5 nitrogen and oxygen atoms in total. The molecule has 0 aromatic heterocycles. The Morgan fingerprint density at radius 1 is 1.47 bits per heavy atom. The summed E-state index contributed by atoms with van der Waals surface area (Å²) >= 11 is 0. The first-order valence-corrected chi connectivity index (χ1v) is 4.39. The fourth-order valence-electron chi connectivity index (χ4n) is 0.831. The van der Waals surface area contributed by atoms with Crippen molar-refractivity contribution in [3.63, 3.8) is 0 Å². The van der Waals surface area contributed by atoms with Gasteiger partial charge in [0.05, 0.1) is 6.54 Å². The van der Waals surface area contributed by atoms with Crippen molar-refractivity contribution in [1.29, 1.82) is 0 Å². The largest absolute Gasteiger partial charge is 0.465 e. The van der Waals surface area contributed by atoms with Crippen molar-refractivity contribution in [3.8, 4) is 12.3 Å². The van der Waals surface area contributed by atoms with Gasteiger partial charge >= 0.3 is 12.1 Å². The monoisotopic (exact) mass is 213 g/mol. The lowest BCUT2D eigenvalue weighted by Crippen LogP contribution is -2.38. The molecule has 0 fully saturated rings. The maximum absolute atomic E-state index is 11.3. The molecule has 0 heterocycles. The summed E-state index contributed by atoms with van der Waals surface area (Å²) < 4.78 is 4.95. The van der Waals surface area contributed by atoms with Gasteiger partial charge in [0.15, 0.2) is 0 Å². The molecule has 84 valence electrons. The lowest BCUT2D eigenvalue weighted by Gasteiger charge is -2.22. The molecule has 15 heavy (non-hydrogen) atoms. The van der Waals surface area contributed by atoms with Crippen molar-refractivity contribution in [2.24, 2.45) is 0 Å². The Balaban J connectivity index is 4.25. The molecule has 0 unspecified atom stereocenters. The number of amides is 1. The van der Waals surface area contributed by atoms with Crippen LogP contribution in [0.3, 0.4) is 0 Å². The maximum Gasteiger partial charge on any atom is 0.408 e. The molecule has 0 atom stereocenters. The molecule has 0 aliphatic rings. The van der Waals surface area contributed by atoms with Crippen molar-refractivity contribution in [1.82, 2.24) is 4.90 Å². The number of carboxylic acid groups (broad SMARTS) is 1. The average molecular weight is 213 g/mol. The lowest BCUT2D eigenvalue weighted by atomic mass is 10.2. The summed E-state index contributed by atoms with van der Waals surface area (Å²) in [6.45, 7) is 4.64. The van der Waals surface area contributed by atoms with Gasteiger partial charge in [-0.25, -0.2) is 4.79 Å². The predicted octanol–water partition coefficient (Wildman–Crippen LogP) is 0.941. The van der Waals surface area contributed by atoms with E-state index in [-0.39, 0.29) is 13.1 Å². The molecule has 0 aromatic carbocycles. The molecule has 5 heteroatoms. The zero-order valence-corrected chi connectivity index (χ0v) is 9.11. The summed E-state index contributed by atoms with van der Waals surface area (Å²) in [7, 11) is 0. The number of rotatable bonds is 3. The highest BCUT2D eigenvalue weighted by Gasteiger charge is 2.20. The second-order valence-corrected chi connectivity index (χ2v) is 3.93. The minimum atomic E-state index is -1.24. The summed E-state index contributed by atoms with van der Waals surface area (Å²) in [5.74, 6) is 1.54. The summed E-state index contributed by atoms with van der Waals surface area (Å²) in [6, 6.07) is 0. The van der Waals surface area contributed by atoms with Crippen LogP contribution in [0.15, 0.2) is 0 Å². The van der Waals surface area contributed by atoms with Crippen LogP contribution in [-0.2, 0) is 9.53 Å². The molecule has 0 rings (SSSR count). The van der Waals surface area contributed by atoms with Crippen molar-refractivity contribution >= 4 is 12.1 Å². The minimum absolute atomic E-state index is 0.130. The van der Waals surface area contributed by atoms with Gasteiger partial charge in [-0.05, 0) is 20.8 Å². The topological polar surface area (TPSA) is 66.8 Å². The highest BCUT2D eigenvalue weighted by Crippen LogP contribution is 2.07. The van der Waals surface area contributed by atoms with E-state index < -0.39 is 17.7 Å². The molecule has 0 aliphatic heterocycles. The number of ether oxygens (including phenoxy) is 1. The molecule has 0 aromatic rings. The highest BCUT2D eigenvalue weighted by atomic mass is 16.6. The van der Waals surface area contributed by atoms with Gasteiger partial charge in [0.25, 0.3) is 0 Å². The van der Waals surface area contributed by atoms with Gasteiger partial charge in [0.2, 0.25) is 0 Å². The van der Waals surface area contributed by atoms with Crippen LogP contribution in [0.5, 0.6) is 0 Å². The first-order valence-electron chi connectivity index (χ1n) is 4.39. The van der Waals surface area contributed by atoms with Gasteiger partial charge in [-0.15, -0.1) is 6.42 Å². The van der Waals surface area contributed by atoms with Crippen LogP contribution in [0.2, 0.25) is 0 Å². The second-order valence-electron chi connectivity index (χ2n) is 3.93. The first-order chi connectivity index (χ1) is 6.76. The standard InChI is InChI=1S/C10H15NO4/c1-5-6-11(9(13)14)7-8(12)15-10(2,3)4/h1H,6-7H2,2-4H3,(H,13,14). The van der Waals surface area contributed by atoms with E-state index in [0.29, 0.717) is 0 Å². The third-order valence-electron chi connectivity index (χ3n) is 1.29. The van der Waals surface area contributed by atoms with Gasteiger partial charge in [-0.3, -0.25) is 9.69 Å². The van der Waals surface area contributed by atoms with Crippen LogP contribution in [0.25, 0.3) is 0 Å². The molecule has 0 saturated heterocycles. The zero-order valence-electron chi connectivity index (χ0n) is 9.11. The maximum atomic E-state index is 11.3. The van der Waals surface area contributed by atoms with E-state index in [2.05, 4.69) is 5.92 Å². The molecule has 0 spiro atoms. The fraction of sp³-hybridized carbons (Fsp3) is 0.600. The van der Waals surface area contributed by atoms with E-state index in [1.165, 1.54) is 0 Å². The fourth-order valence-corrected chi connectivity index (χ4v) is 0.831. The summed E-state index contributed by atoms with van der Waals surface area (Å²) in [5, 5.41) is 8.67.